The maximum absolute atomic E-state index is 12.1. The summed E-state index contributed by atoms with van der Waals surface area (Å²) in [6, 6.07) is 7.01. The Morgan fingerprint density at radius 3 is 2.56 bits per heavy atom. The van der Waals surface area contributed by atoms with Crippen molar-refractivity contribution >= 4 is 27.5 Å². The minimum absolute atomic E-state index is 0.333. The number of sulfonamides is 1. The molecule has 1 aromatic rings. The van der Waals surface area contributed by atoms with E-state index in [1.807, 2.05) is 6.07 Å². The summed E-state index contributed by atoms with van der Waals surface area (Å²) in [5, 5.41) is 3.19. The molecule has 0 unspecified atom stereocenters. The summed E-state index contributed by atoms with van der Waals surface area (Å²) < 4.78 is 25.5. The van der Waals surface area contributed by atoms with Gasteiger partial charge in [-0.25, -0.2) is 12.7 Å². The van der Waals surface area contributed by atoms with E-state index in [0.717, 1.165) is 18.7 Å². The Morgan fingerprint density at radius 2 is 1.94 bits per heavy atom. The molecule has 102 valence electrons. The molecule has 0 fully saturated rings. The zero-order valence-corrected chi connectivity index (χ0v) is 12.6. The molecule has 0 saturated carbocycles. The molecule has 0 atom stereocenters. The summed E-state index contributed by atoms with van der Waals surface area (Å²) >= 11 is 1.78. The molecule has 0 aliphatic rings. The summed E-state index contributed by atoms with van der Waals surface area (Å²) in [6.07, 6.45) is 3.07. The maximum atomic E-state index is 12.1. The Morgan fingerprint density at radius 1 is 1.28 bits per heavy atom. The van der Waals surface area contributed by atoms with E-state index in [4.69, 9.17) is 0 Å². The van der Waals surface area contributed by atoms with Gasteiger partial charge >= 0.3 is 0 Å². The molecule has 4 nitrogen and oxygen atoms in total. The first-order valence-corrected chi connectivity index (χ1v) is 8.58. The van der Waals surface area contributed by atoms with Crippen LogP contribution < -0.4 is 5.32 Å². The van der Waals surface area contributed by atoms with Crippen LogP contribution in [0.3, 0.4) is 0 Å². The molecule has 0 spiro atoms. The van der Waals surface area contributed by atoms with E-state index in [1.54, 1.807) is 44.1 Å². The first kappa shape index (κ1) is 15.3. The Balaban J connectivity index is 2.87. The van der Waals surface area contributed by atoms with Crippen LogP contribution in [0.2, 0.25) is 0 Å². The summed E-state index contributed by atoms with van der Waals surface area (Å²) in [5.74, 6) is 1.07. The van der Waals surface area contributed by atoms with E-state index in [9.17, 15) is 8.42 Å². The summed E-state index contributed by atoms with van der Waals surface area (Å²) in [4.78, 5) is 0.333. The first-order valence-electron chi connectivity index (χ1n) is 5.74. The van der Waals surface area contributed by atoms with Crippen LogP contribution in [0.4, 0.5) is 5.69 Å². The van der Waals surface area contributed by atoms with Gasteiger partial charge in [0.15, 0.2) is 0 Å². The van der Waals surface area contributed by atoms with Gasteiger partial charge in [0.2, 0.25) is 10.0 Å². The molecule has 0 amide bonds. The number of nitrogens with one attached hydrogen (secondary N) is 1. The predicted molar refractivity (Wildman–Crippen MR) is 78.8 cm³/mol. The van der Waals surface area contributed by atoms with Gasteiger partial charge in [-0.05, 0) is 30.6 Å². The Kier molecular flexibility index (Phi) is 5.98. The lowest BCUT2D eigenvalue weighted by Crippen LogP contribution is -2.23. The molecule has 0 aromatic heterocycles. The van der Waals surface area contributed by atoms with Crippen LogP contribution in [0.1, 0.15) is 6.42 Å². The summed E-state index contributed by atoms with van der Waals surface area (Å²) in [7, 11) is -0.302. The minimum Gasteiger partial charge on any atom is -0.384 e. The van der Waals surface area contributed by atoms with Gasteiger partial charge in [0, 0.05) is 20.6 Å². The minimum atomic E-state index is -3.38. The number of benzene rings is 1. The van der Waals surface area contributed by atoms with E-state index in [0.29, 0.717) is 10.6 Å². The average Bonchev–Trinajstić information content (AvgIpc) is 2.35. The number of hydrogen-bond acceptors (Lipinski definition) is 4. The molecule has 0 bridgehead atoms. The predicted octanol–water partition coefficient (Wildman–Crippen LogP) is 2.10. The highest BCUT2D eigenvalue weighted by Gasteiger charge is 2.20. The van der Waals surface area contributed by atoms with Crippen LogP contribution in [0.5, 0.6) is 0 Å². The molecular weight excluding hydrogens is 268 g/mol. The topological polar surface area (TPSA) is 49.4 Å². The SMILES string of the molecule is CSCCCNc1ccccc1S(=O)(=O)N(C)C. The molecule has 0 saturated heterocycles. The number of anilines is 1. The van der Waals surface area contributed by atoms with Gasteiger partial charge in [-0.1, -0.05) is 12.1 Å². The Bertz CT molecular complexity index is 473. The van der Waals surface area contributed by atoms with Crippen molar-refractivity contribution in [1.82, 2.24) is 4.31 Å². The lowest BCUT2D eigenvalue weighted by atomic mass is 10.3. The van der Waals surface area contributed by atoms with Gasteiger partial charge < -0.3 is 5.32 Å². The van der Waals surface area contributed by atoms with Crippen molar-refractivity contribution < 1.29 is 8.42 Å². The second-order valence-corrected chi connectivity index (χ2v) is 7.16. The fourth-order valence-corrected chi connectivity index (χ4v) is 2.97. The highest BCUT2D eigenvalue weighted by atomic mass is 32.2. The van der Waals surface area contributed by atoms with Crippen molar-refractivity contribution in [3.8, 4) is 0 Å². The van der Waals surface area contributed by atoms with Crippen LogP contribution in [0.25, 0.3) is 0 Å². The normalized spacial score (nSPS) is 11.8. The molecule has 0 aliphatic carbocycles. The smallest absolute Gasteiger partial charge is 0.244 e. The molecule has 1 rings (SSSR count). The molecule has 0 aliphatic heterocycles. The molecule has 18 heavy (non-hydrogen) atoms. The molecule has 6 heteroatoms. The monoisotopic (exact) mass is 288 g/mol. The van der Waals surface area contributed by atoms with Crippen molar-refractivity contribution in [2.75, 3.05) is 38.0 Å². The Hall–Kier alpha value is -0.720. The van der Waals surface area contributed by atoms with Crippen molar-refractivity contribution in [1.29, 1.82) is 0 Å². The summed E-state index contributed by atoms with van der Waals surface area (Å²) in [5.41, 5.74) is 0.673. The van der Waals surface area contributed by atoms with Crippen LogP contribution in [-0.4, -0.2) is 45.4 Å². The average molecular weight is 288 g/mol. The first-order chi connectivity index (χ1) is 8.50. The molecule has 1 aromatic carbocycles. The third-order valence-corrected chi connectivity index (χ3v) is 5.06. The third kappa shape index (κ3) is 3.90. The van der Waals surface area contributed by atoms with Gasteiger partial charge in [-0.3, -0.25) is 0 Å². The van der Waals surface area contributed by atoms with Gasteiger partial charge in [0.25, 0.3) is 0 Å². The second-order valence-electron chi connectivity index (χ2n) is 4.06. The van der Waals surface area contributed by atoms with E-state index in [1.165, 1.54) is 4.31 Å². The Labute approximate surface area is 114 Å². The van der Waals surface area contributed by atoms with Crippen LogP contribution >= 0.6 is 11.8 Å². The quantitative estimate of drug-likeness (QED) is 0.781. The fourth-order valence-electron chi connectivity index (χ4n) is 1.47. The number of para-hydroxylation sites is 1. The third-order valence-electron chi connectivity index (χ3n) is 2.49. The largest absolute Gasteiger partial charge is 0.384 e. The standard InChI is InChI=1S/C12H20N2O2S2/c1-14(2)18(15,16)12-8-5-4-7-11(12)13-9-6-10-17-3/h4-5,7-8,13H,6,9-10H2,1-3H3. The molecule has 1 N–H and O–H groups in total. The van der Waals surface area contributed by atoms with Gasteiger partial charge in [-0.2, -0.15) is 11.8 Å². The van der Waals surface area contributed by atoms with Gasteiger partial charge in [0.1, 0.15) is 4.90 Å². The number of hydrogen-bond donors (Lipinski definition) is 1. The number of thioether (sulfide) groups is 1. The second kappa shape index (κ2) is 7.01. The maximum Gasteiger partial charge on any atom is 0.244 e. The highest BCUT2D eigenvalue weighted by molar-refractivity contribution is 7.98. The highest BCUT2D eigenvalue weighted by Crippen LogP contribution is 2.22. The van der Waals surface area contributed by atoms with Crippen LogP contribution in [0, 0.1) is 0 Å². The number of rotatable bonds is 7. The molecule has 0 radical (unpaired) electrons. The van der Waals surface area contributed by atoms with Crippen molar-refractivity contribution in [3.63, 3.8) is 0 Å². The van der Waals surface area contributed by atoms with Crippen molar-refractivity contribution in [2.24, 2.45) is 0 Å². The number of nitrogens with zero attached hydrogens (tertiary/aromatic N) is 1. The van der Waals surface area contributed by atoms with E-state index >= 15 is 0 Å². The van der Waals surface area contributed by atoms with E-state index in [-0.39, 0.29) is 0 Å². The van der Waals surface area contributed by atoms with Crippen LogP contribution in [-0.2, 0) is 10.0 Å². The van der Waals surface area contributed by atoms with Crippen LogP contribution in [0.15, 0.2) is 29.2 Å². The van der Waals surface area contributed by atoms with Gasteiger partial charge in [-0.15, -0.1) is 0 Å². The summed E-state index contributed by atoms with van der Waals surface area (Å²) in [6.45, 7) is 0.779. The van der Waals surface area contributed by atoms with Crippen molar-refractivity contribution in [2.45, 2.75) is 11.3 Å². The molecular formula is C12H20N2O2S2. The van der Waals surface area contributed by atoms with E-state index in [2.05, 4.69) is 11.6 Å². The van der Waals surface area contributed by atoms with E-state index < -0.39 is 10.0 Å². The van der Waals surface area contributed by atoms with Crippen molar-refractivity contribution in [3.05, 3.63) is 24.3 Å². The zero-order valence-electron chi connectivity index (χ0n) is 11.0. The van der Waals surface area contributed by atoms with Gasteiger partial charge in [0.05, 0.1) is 5.69 Å². The fraction of sp³-hybridized carbons (Fsp3) is 0.500. The zero-order chi connectivity index (χ0) is 13.6. The lowest BCUT2D eigenvalue weighted by molar-refractivity contribution is 0.521. The molecule has 0 heterocycles. The lowest BCUT2D eigenvalue weighted by Gasteiger charge is -2.16.